The molecule has 0 fully saturated rings. The molecule has 130 valence electrons. The maximum absolute atomic E-state index is 12.1. The van der Waals surface area contributed by atoms with Crippen LogP contribution in [0.2, 0.25) is 5.02 Å². The Kier molecular flexibility index (Phi) is 5.03. The molecule has 3 aromatic rings. The van der Waals surface area contributed by atoms with Crippen molar-refractivity contribution in [3.05, 3.63) is 47.5 Å². The molecule has 1 heterocycles. The molecule has 9 heteroatoms. The number of halogens is 1. The van der Waals surface area contributed by atoms with Gasteiger partial charge in [-0.1, -0.05) is 35.5 Å². The van der Waals surface area contributed by atoms with Gasteiger partial charge in [-0.25, -0.2) is 13.4 Å². The average Bonchev–Trinajstić information content (AvgIpc) is 2.97. The van der Waals surface area contributed by atoms with E-state index in [9.17, 15) is 13.2 Å². The molecule has 6 nitrogen and oxygen atoms in total. The standard InChI is InChI=1S/C16H14ClN3O3S2/c1-25(22,23)10-6-7-11(17)14(8-10)18-15(21)9-24-16-19-12-4-2-3-5-13(12)20-16/h2-8H,9H2,1H3,(H,18,21)(H,19,20). The summed E-state index contributed by atoms with van der Waals surface area (Å²) < 4.78 is 23.2. The van der Waals surface area contributed by atoms with Crippen LogP contribution in [0, 0.1) is 0 Å². The van der Waals surface area contributed by atoms with E-state index in [1.165, 1.54) is 30.0 Å². The van der Waals surface area contributed by atoms with E-state index in [0.717, 1.165) is 17.3 Å². The molecular formula is C16H14ClN3O3S2. The normalized spacial score (nSPS) is 11.6. The van der Waals surface area contributed by atoms with Gasteiger partial charge in [0.15, 0.2) is 15.0 Å². The van der Waals surface area contributed by atoms with E-state index in [0.29, 0.717) is 5.16 Å². The van der Waals surface area contributed by atoms with E-state index in [1.807, 2.05) is 24.3 Å². The number of sulfone groups is 1. The fourth-order valence-electron chi connectivity index (χ4n) is 2.15. The van der Waals surface area contributed by atoms with E-state index in [2.05, 4.69) is 15.3 Å². The lowest BCUT2D eigenvalue weighted by molar-refractivity contribution is -0.113. The van der Waals surface area contributed by atoms with Gasteiger partial charge in [0.2, 0.25) is 5.91 Å². The van der Waals surface area contributed by atoms with Gasteiger partial charge in [-0.05, 0) is 30.3 Å². The maximum atomic E-state index is 12.1. The Morgan fingerprint density at radius 2 is 2.04 bits per heavy atom. The molecule has 0 radical (unpaired) electrons. The number of thioether (sulfide) groups is 1. The van der Waals surface area contributed by atoms with Crippen molar-refractivity contribution in [1.82, 2.24) is 9.97 Å². The summed E-state index contributed by atoms with van der Waals surface area (Å²) in [6.45, 7) is 0. The molecule has 0 bridgehead atoms. The third-order valence-electron chi connectivity index (χ3n) is 3.35. The number of hydrogen-bond donors (Lipinski definition) is 2. The summed E-state index contributed by atoms with van der Waals surface area (Å²) in [6.07, 6.45) is 1.10. The van der Waals surface area contributed by atoms with E-state index >= 15 is 0 Å². The fraction of sp³-hybridized carbons (Fsp3) is 0.125. The Balaban J connectivity index is 1.68. The summed E-state index contributed by atoms with van der Waals surface area (Å²) in [6, 6.07) is 11.8. The van der Waals surface area contributed by atoms with E-state index < -0.39 is 9.84 Å². The largest absolute Gasteiger partial charge is 0.333 e. The minimum absolute atomic E-state index is 0.0946. The van der Waals surface area contributed by atoms with Crippen molar-refractivity contribution < 1.29 is 13.2 Å². The highest BCUT2D eigenvalue weighted by molar-refractivity contribution is 7.99. The Bertz CT molecular complexity index is 1010. The Morgan fingerprint density at radius 3 is 2.76 bits per heavy atom. The molecule has 0 spiro atoms. The first kappa shape index (κ1) is 17.8. The molecule has 1 aromatic heterocycles. The zero-order chi connectivity index (χ0) is 18.0. The van der Waals surface area contributed by atoms with Crippen molar-refractivity contribution in [3.63, 3.8) is 0 Å². The quantitative estimate of drug-likeness (QED) is 0.646. The number of nitrogens with one attached hydrogen (secondary N) is 2. The van der Waals surface area contributed by atoms with Gasteiger partial charge >= 0.3 is 0 Å². The number of aromatic nitrogens is 2. The number of hydrogen-bond acceptors (Lipinski definition) is 5. The van der Waals surface area contributed by atoms with Crippen LogP contribution in [0.1, 0.15) is 0 Å². The monoisotopic (exact) mass is 395 g/mol. The van der Waals surface area contributed by atoms with E-state index in [1.54, 1.807) is 0 Å². The van der Waals surface area contributed by atoms with Crippen LogP contribution in [0.3, 0.4) is 0 Å². The predicted octanol–water partition coefficient (Wildman–Crippen LogP) is 3.35. The molecule has 25 heavy (non-hydrogen) atoms. The van der Waals surface area contributed by atoms with Gasteiger partial charge in [0.05, 0.1) is 32.4 Å². The summed E-state index contributed by atoms with van der Waals surface area (Å²) in [5.74, 6) is -0.197. The highest BCUT2D eigenvalue weighted by atomic mass is 35.5. The Morgan fingerprint density at radius 1 is 1.28 bits per heavy atom. The number of imidazole rings is 1. The Hall–Kier alpha value is -2.03. The molecule has 3 rings (SSSR count). The molecule has 0 aliphatic carbocycles. The summed E-state index contributed by atoms with van der Waals surface area (Å²) in [4.78, 5) is 19.7. The molecule has 2 N–H and O–H groups in total. The second kappa shape index (κ2) is 7.07. The summed E-state index contributed by atoms with van der Waals surface area (Å²) in [5.41, 5.74) is 1.99. The lowest BCUT2D eigenvalue weighted by Crippen LogP contribution is -2.15. The first-order chi connectivity index (χ1) is 11.8. The zero-order valence-corrected chi connectivity index (χ0v) is 15.5. The number of aromatic amines is 1. The molecule has 0 aliphatic rings. The Labute approximate surface area is 153 Å². The van der Waals surface area contributed by atoms with Crippen LogP contribution in [0.5, 0.6) is 0 Å². The van der Waals surface area contributed by atoms with Crippen molar-refractivity contribution >= 4 is 55.8 Å². The van der Waals surface area contributed by atoms with Crippen molar-refractivity contribution in [2.24, 2.45) is 0 Å². The van der Waals surface area contributed by atoms with Crippen LogP contribution < -0.4 is 5.32 Å². The predicted molar refractivity (Wildman–Crippen MR) is 100 cm³/mol. The van der Waals surface area contributed by atoms with Crippen LogP contribution in [-0.4, -0.2) is 36.3 Å². The van der Waals surface area contributed by atoms with E-state index in [4.69, 9.17) is 11.6 Å². The van der Waals surface area contributed by atoms with E-state index in [-0.39, 0.29) is 27.3 Å². The molecular weight excluding hydrogens is 382 g/mol. The minimum Gasteiger partial charge on any atom is -0.333 e. The number of benzene rings is 2. The maximum Gasteiger partial charge on any atom is 0.234 e. The molecule has 0 aliphatic heterocycles. The van der Waals surface area contributed by atoms with Crippen molar-refractivity contribution in [3.8, 4) is 0 Å². The SMILES string of the molecule is CS(=O)(=O)c1ccc(Cl)c(NC(=O)CSc2nc3ccccc3[nH]2)c1. The first-order valence-electron chi connectivity index (χ1n) is 7.20. The molecule has 1 amide bonds. The highest BCUT2D eigenvalue weighted by Crippen LogP contribution is 2.26. The number of carbonyl (C=O) groups is 1. The number of rotatable bonds is 5. The van der Waals surface area contributed by atoms with Crippen LogP contribution >= 0.6 is 23.4 Å². The third kappa shape index (κ3) is 4.33. The van der Waals surface area contributed by atoms with Crippen molar-refractivity contribution in [1.29, 1.82) is 0 Å². The number of anilines is 1. The smallest absolute Gasteiger partial charge is 0.234 e. The first-order valence-corrected chi connectivity index (χ1v) is 10.5. The van der Waals surface area contributed by atoms with Crippen molar-refractivity contribution in [2.75, 3.05) is 17.3 Å². The third-order valence-corrected chi connectivity index (χ3v) is 5.66. The number of nitrogens with zero attached hydrogens (tertiary/aromatic N) is 1. The van der Waals surface area contributed by atoms with Gasteiger partial charge in [-0.15, -0.1) is 0 Å². The lowest BCUT2D eigenvalue weighted by atomic mass is 10.3. The number of para-hydroxylation sites is 2. The molecule has 0 saturated carbocycles. The number of fused-ring (bicyclic) bond motifs is 1. The summed E-state index contributed by atoms with van der Waals surface area (Å²) >= 11 is 7.28. The van der Waals surface area contributed by atoms with Crippen LogP contribution in [-0.2, 0) is 14.6 Å². The van der Waals surface area contributed by atoms with Crippen LogP contribution in [0.4, 0.5) is 5.69 Å². The zero-order valence-electron chi connectivity index (χ0n) is 13.1. The topological polar surface area (TPSA) is 91.9 Å². The van der Waals surface area contributed by atoms with Crippen LogP contribution in [0.25, 0.3) is 11.0 Å². The summed E-state index contributed by atoms with van der Waals surface area (Å²) in [5, 5.41) is 3.53. The summed E-state index contributed by atoms with van der Waals surface area (Å²) in [7, 11) is -3.38. The van der Waals surface area contributed by atoms with Crippen molar-refractivity contribution in [2.45, 2.75) is 10.1 Å². The van der Waals surface area contributed by atoms with Crippen LogP contribution in [0.15, 0.2) is 52.5 Å². The second-order valence-electron chi connectivity index (χ2n) is 5.31. The van der Waals surface area contributed by atoms with Gasteiger partial charge in [0.1, 0.15) is 0 Å². The highest BCUT2D eigenvalue weighted by Gasteiger charge is 2.13. The number of carbonyl (C=O) groups excluding carboxylic acids is 1. The lowest BCUT2D eigenvalue weighted by Gasteiger charge is -2.08. The number of H-pyrrole nitrogens is 1. The molecule has 0 atom stereocenters. The average molecular weight is 396 g/mol. The number of amides is 1. The van der Waals surface area contributed by atoms with Gasteiger partial charge in [0, 0.05) is 6.26 Å². The molecule has 0 unspecified atom stereocenters. The van der Waals surface area contributed by atoms with Gasteiger partial charge in [-0.3, -0.25) is 4.79 Å². The minimum atomic E-state index is -3.38. The molecule has 0 saturated heterocycles. The fourth-order valence-corrected chi connectivity index (χ4v) is 3.65. The molecule has 2 aromatic carbocycles. The van der Waals surface area contributed by atoms with Gasteiger partial charge in [0.25, 0.3) is 0 Å². The van der Waals surface area contributed by atoms with Gasteiger partial charge < -0.3 is 10.3 Å². The second-order valence-corrected chi connectivity index (χ2v) is 8.70. The van der Waals surface area contributed by atoms with Gasteiger partial charge in [-0.2, -0.15) is 0 Å².